The summed E-state index contributed by atoms with van der Waals surface area (Å²) < 4.78 is 5.52. The molecule has 0 aromatic heterocycles. The van der Waals surface area contributed by atoms with Gasteiger partial charge in [0, 0.05) is 19.0 Å². The predicted octanol–water partition coefficient (Wildman–Crippen LogP) is 4.17. The smallest absolute Gasteiger partial charge is 0.407 e. The lowest BCUT2D eigenvalue weighted by atomic mass is 9.86. The Morgan fingerprint density at radius 1 is 0.909 bits per heavy atom. The number of benzene rings is 2. The first-order chi connectivity index (χ1) is 15.6. The van der Waals surface area contributed by atoms with Crippen LogP contribution in [0.2, 0.25) is 0 Å². The first-order valence-corrected chi connectivity index (χ1v) is 11.2. The molecule has 0 fully saturated rings. The number of carbonyl (C=O) groups excluding carboxylic acids is 2. The molecule has 3 N–H and O–H groups in total. The zero-order valence-electron chi connectivity index (χ0n) is 19.6. The summed E-state index contributed by atoms with van der Waals surface area (Å²) in [4.78, 5) is 36.5. The zero-order chi connectivity index (χ0) is 24.2. The van der Waals surface area contributed by atoms with Crippen LogP contribution in [0.4, 0.5) is 4.79 Å². The van der Waals surface area contributed by atoms with Gasteiger partial charge in [0.15, 0.2) is 0 Å². The number of hydrogen-bond donors (Lipinski definition) is 3. The van der Waals surface area contributed by atoms with Crippen LogP contribution in [0.1, 0.15) is 51.2 Å². The summed E-state index contributed by atoms with van der Waals surface area (Å²) in [6.07, 6.45) is -0.206. The maximum absolute atomic E-state index is 12.6. The molecule has 3 rings (SSSR count). The van der Waals surface area contributed by atoms with E-state index in [2.05, 4.69) is 34.9 Å². The number of hydrogen-bond acceptors (Lipinski definition) is 4. The minimum atomic E-state index is -1.04. The molecule has 1 aliphatic rings. The summed E-state index contributed by atoms with van der Waals surface area (Å²) >= 11 is 0. The van der Waals surface area contributed by atoms with Gasteiger partial charge in [-0.1, -0.05) is 55.5 Å². The standard InChI is InChI=1S/C26H32N2O5/c1-5-26(4,23(30)31)16-27-22(29)25(2,3)15-28-24(32)33-14-21-19-12-8-6-10-17(19)18-11-7-9-13-20(18)21/h6-13,21H,5,14-16H2,1-4H3,(H,27,29)(H,28,32)(H,30,31). The summed E-state index contributed by atoms with van der Waals surface area (Å²) in [6.45, 7) is 7.02. The van der Waals surface area contributed by atoms with E-state index in [4.69, 9.17) is 4.74 Å². The van der Waals surface area contributed by atoms with Gasteiger partial charge in [-0.05, 0) is 49.4 Å². The monoisotopic (exact) mass is 452 g/mol. The first kappa shape index (κ1) is 24.3. The van der Waals surface area contributed by atoms with Gasteiger partial charge in [0.05, 0.1) is 10.8 Å². The van der Waals surface area contributed by atoms with Gasteiger partial charge >= 0.3 is 12.1 Å². The number of alkyl carbamates (subject to hydrolysis) is 1. The molecule has 0 aliphatic heterocycles. The Morgan fingerprint density at radius 2 is 1.45 bits per heavy atom. The van der Waals surface area contributed by atoms with E-state index in [0.717, 1.165) is 22.3 Å². The van der Waals surface area contributed by atoms with Crippen LogP contribution in [-0.2, 0) is 14.3 Å². The SMILES string of the molecule is CCC(C)(CNC(=O)C(C)(C)CNC(=O)OCC1c2ccccc2-c2ccccc21)C(=O)O. The van der Waals surface area contributed by atoms with Crippen molar-refractivity contribution >= 4 is 18.0 Å². The van der Waals surface area contributed by atoms with E-state index in [0.29, 0.717) is 6.42 Å². The van der Waals surface area contributed by atoms with Gasteiger partial charge in [-0.15, -0.1) is 0 Å². The van der Waals surface area contributed by atoms with Crippen LogP contribution in [-0.4, -0.2) is 42.8 Å². The molecule has 0 spiro atoms. The number of nitrogens with one attached hydrogen (secondary N) is 2. The second-order valence-electron chi connectivity index (χ2n) is 9.47. The summed E-state index contributed by atoms with van der Waals surface area (Å²) in [7, 11) is 0. The van der Waals surface area contributed by atoms with E-state index in [-0.39, 0.29) is 31.5 Å². The van der Waals surface area contributed by atoms with Crippen molar-refractivity contribution in [2.24, 2.45) is 10.8 Å². The maximum Gasteiger partial charge on any atom is 0.407 e. The van der Waals surface area contributed by atoms with Gasteiger partial charge < -0.3 is 20.5 Å². The molecule has 0 bridgehead atoms. The largest absolute Gasteiger partial charge is 0.481 e. The molecule has 0 radical (unpaired) electrons. The van der Waals surface area contributed by atoms with Gasteiger partial charge in [-0.2, -0.15) is 0 Å². The second-order valence-corrected chi connectivity index (χ2v) is 9.47. The number of amides is 2. The third kappa shape index (κ3) is 5.18. The van der Waals surface area contributed by atoms with Crippen molar-refractivity contribution in [1.29, 1.82) is 0 Å². The summed E-state index contributed by atoms with van der Waals surface area (Å²) in [6, 6.07) is 16.2. The summed E-state index contributed by atoms with van der Waals surface area (Å²) in [5.41, 5.74) is 2.60. The van der Waals surface area contributed by atoms with E-state index >= 15 is 0 Å². The number of carboxylic acids is 1. The Hall–Kier alpha value is -3.35. The van der Waals surface area contributed by atoms with E-state index in [1.165, 1.54) is 0 Å². The van der Waals surface area contributed by atoms with Crippen LogP contribution in [0.3, 0.4) is 0 Å². The summed E-state index contributed by atoms with van der Waals surface area (Å²) in [5.74, 6) is -1.33. The normalized spacial score (nSPS) is 14.5. The molecule has 2 amide bonds. The lowest BCUT2D eigenvalue weighted by Crippen LogP contribution is -2.49. The Morgan fingerprint density at radius 3 is 1.97 bits per heavy atom. The molecule has 7 nitrogen and oxygen atoms in total. The lowest BCUT2D eigenvalue weighted by molar-refractivity contribution is -0.148. The molecule has 2 aromatic rings. The van der Waals surface area contributed by atoms with Crippen LogP contribution < -0.4 is 10.6 Å². The number of aliphatic carboxylic acids is 1. The molecular formula is C26H32N2O5. The highest BCUT2D eigenvalue weighted by Crippen LogP contribution is 2.44. The Bertz CT molecular complexity index is 1000. The minimum Gasteiger partial charge on any atom is -0.481 e. The highest BCUT2D eigenvalue weighted by molar-refractivity contribution is 5.84. The minimum absolute atomic E-state index is 0.0199. The second kappa shape index (κ2) is 9.65. The maximum atomic E-state index is 12.6. The molecule has 1 aliphatic carbocycles. The Balaban J connectivity index is 1.54. The number of fused-ring (bicyclic) bond motifs is 3. The van der Waals surface area contributed by atoms with Crippen molar-refractivity contribution in [2.45, 2.75) is 40.0 Å². The lowest BCUT2D eigenvalue weighted by Gasteiger charge is -2.28. The molecule has 0 heterocycles. The Kier molecular flexibility index (Phi) is 7.10. The third-order valence-electron chi connectivity index (χ3n) is 6.57. The van der Waals surface area contributed by atoms with Crippen molar-refractivity contribution in [3.63, 3.8) is 0 Å². The summed E-state index contributed by atoms with van der Waals surface area (Å²) in [5, 5.41) is 14.7. The van der Waals surface area contributed by atoms with Gasteiger partial charge in [-0.3, -0.25) is 9.59 Å². The van der Waals surface area contributed by atoms with E-state index < -0.39 is 22.9 Å². The molecule has 7 heteroatoms. The highest BCUT2D eigenvalue weighted by atomic mass is 16.5. The van der Waals surface area contributed by atoms with Gasteiger partial charge in [0.25, 0.3) is 0 Å². The fourth-order valence-electron chi connectivity index (χ4n) is 3.89. The molecule has 176 valence electrons. The van der Waals surface area contributed by atoms with Crippen LogP contribution >= 0.6 is 0 Å². The average molecular weight is 453 g/mol. The molecule has 0 saturated heterocycles. The van der Waals surface area contributed by atoms with Crippen LogP contribution in [0, 0.1) is 10.8 Å². The van der Waals surface area contributed by atoms with E-state index in [1.807, 2.05) is 24.3 Å². The van der Waals surface area contributed by atoms with Gasteiger partial charge in [0.2, 0.25) is 5.91 Å². The van der Waals surface area contributed by atoms with Crippen LogP contribution in [0.5, 0.6) is 0 Å². The number of rotatable bonds is 9. The van der Waals surface area contributed by atoms with Crippen molar-refractivity contribution < 1.29 is 24.2 Å². The van der Waals surface area contributed by atoms with E-state index in [1.54, 1.807) is 27.7 Å². The van der Waals surface area contributed by atoms with Gasteiger partial charge in [0.1, 0.15) is 6.61 Å². The average Bonchev–Trinajstić information content (AvgIpc) is 3.13. The quantitative estimate of drug-likeness (QED) is 0.530. The fraction of sp³-hybridized carbons (Fsp3) is 0.423. The first-order valence-electron chi connectivity index (χ1n) is 11.2. The molecular weight excluding hydrogens is 420 g/mol. The van der Waals surface area contributed by atoms with Crippen molar-refractivity contribution in [2.75, 3.05) is 19.7 Å². The van der Waals surface area contributed by atoms with Crippen molar-refractivity contribution in [3.8, 4) is 11.1 Å². The van der Waals surface area contributed by atoms with E-state index in [9.17, 15) is 19.5 Å². The van der Waals surface area contributed by atoms with Crippen LogP contribution in [0.15, 0.2) is 48.5 Å². The zero-order valence-corrected chi connectivity index (χ0v) is 19.6. The van der Waals surface area contributed by atoms with Crippen molar-refractivity contribution in [3.05, 3.63) is 59.7 Å². The number of carboxylic acid groups (broad SMARTS) is 1. The molecule has 2 aromatic carbocycles. The molecule has 33 heavy (non-hydrogen) atoms. The van der Waals surface area contributed by atoms with Crippen LogP contribution in [0.25, 0.3) is 11.1 Å². The molecule has 1 atom stereocenters. The molecule has 1 unspecified atom stereocenters. The topological polar surface area (TPSA) is 105 Å². The van der Waals surface area contributed by atoms with Crippen molar-refractivity contribution in [1.82, 2.24) is 10.6 Å². The molecule has 0 saturated carbocycles. The highest BCUT2D eigenvalue weighted by Gasteiger charge is 2.35. The van der Waals surface area contributed by atoms with Gasteiger partial charge in [-0.25, -0.2) is 4.79 Å². The fourth-order valence-corrected chi connectivity index (χ4v) is 3.89. The predicted molar refractivity (Wildman–Crippen MR) is 126 cm³/mol. The number of ether oxygens (including phenoxy) is 1. The number of carbonyl (C=O) groups is 3. The Labute approximate surface area is 194 Å². The third-order valence-corrected chi connectivity index (χ3v) is 6.57.